The highest BCUT2D eigenvalue weighted by Crippen LogP contribution is 2.24. The Bertz CT molecular complexity index is 605. The van der Waals surface area contributed by atoms with Gasteiger partial charge in [0, 0.05) is 4.47 Å². The van der Waals surface area contributed by atoms with Crippen molar-refractivity contribution in [3.05, 3.63) is 51.9 Å². The Balaban J connectivity index is 2.16. The molecule has 0 saturated carbocycles. The van der Waals surface area contributed by atoms with Gasteiger partial charge in [0.2, 0.25) is 0 Å². The van der Waals surface area contributed by atoms with Crippen molar-refractivity contribution < 1.29 is 9.21 Å². The van der Waals surface area contributed by atoms with E-state index in [0.717, 1.165) is 10.0 Å². The molecule has 1 aromatic heterocycles. The van der Waals surface area contributed by atoms with Crippen LogP contribution in [0, 0.1) is 6.92 Å². The molecule has 19 heavy (non-hydrogen) atoms. The first-order valence-corrected chi connectivity index (χ1v) is 6.69. The number of rotatable bonds is 3. The van der Waals surface area contributed by atoms with E-state index in [4.69, 9.17) is 10.2 Å². The van der Waals surface area contributed by atoms with Crippen molar-refractivity contribution in [3.63, 3.8) is 0 Å². The summed E-state index contributed by atoms with van der Waals surface area (Å²) in [7, 11) is 0. The highest BCUT2D eigenvalue weighted by Gasteiger charge is 2.14. The maximum Gasteiger partial charge on any atom is 0.291 e. The van der Waals surface area contributed by atoms with Crippen LogP contribution >= 0.6 is 15.9 Å². The SMILES string of the molecule is Cc1ccc(NC(=O)c2ccc(C(C)N)o2)c(Br)c1. The minimum absolute atomic E-state index is 0.229. The number of amides is 1. The molecule has 0 aliphatic rings. The van der Waals surface area contributed by atoms with Gasteiger partial charge >= 0.3 is 0 Å². The van der Waals surface area contributed by atoms with Crippen molar-refractivity contribution in [3.8, 4) is 0 Å². The zero-order chi connectivity index (χ0) is 14.0. The molecule has 1 unspecified atom stereocenters. The lowest BCUT2D eigenvalue weighted by atomic mass is 10.2. The zero-order valence-electron chi connectivity index (χ0n) is 10.7. The van der Waals surface area contributed by atoms with Crippen LogP contribution < -0.4 is 11.1 Å². The van der Waals surface area contributed by atoms with Gasteiger partial charge in [0.25, 0.3) is 5.91 Å². The topological polar surface area (TPSA) is 68.3 Å². The number of aryl methyl sites for hydroxylation is 1. The lowest BCUT2D eigenvalue weighted by molar-refractivity contribution is 0.0994. The molecular weight excluding hydrogens is 308 g/mol. The predicted octanol–water partition coefficient (Wildman–Crippen LogP) is 3.62. The number of hydrogen-bond donors (Lipinski definition) is 2. The molecule has 0 saturated heterocycles. The van der Waals surface area contributed by atoms with Crippen molar-refractivity contribution in [2.45, 2.75) is 19.9 Å². The van der Waals surface area contributed by atoms with Crippen LogP contribution in [-0.2, 0) is 0 Å². The van der Waals surface area contributed by atoms with E-state index in [1.54, 1.807) is 19.1 Å². The first kappa shape index (κ1) is 13.8. The molecule has 0 bridgehead atoms. The second kappa shape index (κ2) is 5.59. The molecule has 3 N–H and O–H groups in total. The fourth-order valence-corrected chi connectivity index (χ4v) is 2.22. The smallest absolute Gasteiger partial charge is 0.291 e. The second-order valence-electron chi connectivity index (χ2n) is 4.43. The van der Waals surface area contributed by atoms with Gasteiger partial charge in [-0.05, 0) is 59.6 Å². The van der Waals surface area contributed by atoms with Crippen molar-refractivity contribution >= 4 is 27.5 Å². The van der Waals surface area contributed by atoms with E-state index in [9.17, 15) is 4.79 Å². The van der Waals surface area contributed by atoms with Gasteiger partial charge in [0.05, 0.1) is 11.7 Å². The molecule has 2 aromatic rings. The summed E-state index contributed by atoms with van der Waals surface area (Å²) in [5, 5.41) is 2.79. The van der Waals surface area contributed by atoms with Crippen LogP contribution in [0.3, 0.4) is 0 Å². The molecule has 0 aliphatic heterocycles. The van der Waals surface area contributed by atoms with Gasteiger partial charge in [0.1, 0.15) is 5.76 Å². The van der Waals surface area contributed by atoms with Crippen LogP contribution in [0.1, 0.15) is 34.8 Å². The van der Waals surface area contributed by atoms with Crippen LogP contribution in [0.25, 0.3) is 0 Å². The van der Waals surface area contributed by atoms with Crippen LogP contribution in [0.4, 0.5) is 5.69 Å². The molecule has 1 amide bonds. The van der Waals surface area contributed by atoms with Gasteiger partial charge in [-0.15, -0.1) is 0 Å². The Kier molecular flexibility index (Phi) is 4.07. The number of nitrogens with one attached hydrogen (secondary N) is 1. The molecule has 2 rings (SSSR count). The predicted molar refractivity (Wildman–Crippen MR) is 78.1 cm³/mol. The van der Waals surface area contributed by atoms with Gasteiger partial charge in [-0.25, -0.2) is 0 Å². The van der Waals surface area contributed by atoms with E-state index in [1.165, 1.54) is 0 Å². The van der Waals surface area contributed by atoms with Crippen LogP contribution in [-0.4, -0.2) is 5.91 Å². The first-order chi connectivity index (χ1) is 8.97. The second-order valence-corrected chi connectivity index (χ2v) is 5.28. The molecule has 0 fully saturated rings. The van der Waals surface area contributed by atoms with Crippen LogP contribution in [0.5, 0.6) is 0 Å². The van der Waals surface area contributed by atoms with Crippen molar-refractivity contribution in [1.82, 2.24) is 0 Å². The fourth-order valence-electron chi connectivity index (χ4n) is 1.63. The summed E-state index contributed by atoms with van der Waals surface area (Å²) in [4.78, 5) is 12.0. The fraction of sp³-hybridized carbons (Fsp3) is 0.214. The zero-order valence-corrected chi connectivity index (χ0v) is 12.3. The molecule has 5 heteroatoms. The Morgan fingerprint density at radius 2 is 2.11 bits per heavy atom. The minimum Gasteiger partial charge on any atom is -0.454 e. The summed E-state index contributed by atoms with van der Waals surface area (Å²) < 4.78 is 6.22. The third-order valence-corrected chi connectivity index (χ3v) is 3.33. The quantitative estimate of drug-likeness (QED) is 0.906. The third-order valence-electron chi connectivity index (χ3n) is 2.67. The first-order valence-electron chi connectivity index (χ1n) is 5.90. The van der Waals surface area contributed by atoms with Crippen molar-refractivity contribution in [2.75, 3.05) is 5.32 Å². The average molecular weight is 323 g/mol. The van der Waals surface area contributed by atoms with Crippen LogP contribution in [0.2, 0.25) is 0 Å². The number of halogens is 1. The van der Waals surface area contributed by atoms with Gasteiger partial charge in [-0.3, -0.25) is 4.79 Å². The number of carbonyl (C=O) groups is 1. The normalized spacial score (nSPS) is 12.2. The maximum atomic E-state index is 12.0. The number of anilines is 1. The van der Waals surface area contributed by atoms with E-state index in [-0.39, 0.29) is 17.7 Å². The molecule has 0 spiro atoms. The highest BCUT2D eigenvalue weighted by molar-refractivity contribution is 9.10. The Morgan fingerprint density at radius 3 is 2.68 bits per heavy atom. The summed E-state index contributed by atoms with van der Waals surface area (Å²) in [6.07, 6.45) is 0. The Morgan fingerprint density at radius 1 is 1.37 bits per heavy atom. The molecule has 1 atom stereocenters. The lowest BCUT2D eigenvalue weighted by Crippen LogP contribution is -2.11. The van der Waals surface area contributed by atoms with Gasteiger partial charge in [0.15, 0.2) is 5.76 Å². The largest absolute Gasteiger partial charge is 0.454 e. The Hall–Kier alpha value is -1.59. The monoisotopic (exact) mass is 322 g/mol. The number of benzene rings is 1. The third kappa shape index (κ3) is 3.24. The van der Waals surface area contributed by atoms with Gasteiger partial charge in [-0.1, -0.05) is 6.07 Å². The summed E-state index contributed by atoms with van der Waals surface area (Å²) in [5.41, 5.74) is 7.50. The molecule has 0 radical (unpaired) electrons. The van der Waals surface area contributed by atoms with E-state index in [1.807, 2.05) is 25.1 Å². The number of nitrogens with two attached hydrogens (primary N) is 1. The molecule has 100 valence electrons. The van der Waals surface area contributed by atoms with E-state index >= 15 is 0 Å². The van der Waals surface area contributed by atoms with Gasteiger partial charge < -0.3 is 15.5 Å². The van der Waals surface area contributed by atoms with Crippen LogP contribution in [0.15, 0.2) is 39.2 Å². The summed E-state index contributed by atoms with van der Waals surface area (Å²) in [5.74, 6) is 0.546. The standard InChI is InChI=1S/C14H15BrN2O2/c1-8-3-4-11(10(15)7-8)17-14(18)13-6-5-12(19-13)9(2)16/h3-7,9H,16H2,1-2H3,(H,17,18). The van der Waals surface area contributed by atoms with Crippen molar-refractivity contribution in [2.24, 2.45) is 5.73 Å². The summed E-state index contributed by atoms with van der Waals surface area (Å²) in [6, 6.07) is 8.81. The lowest BCUT2D eigenvalue weighted by Gasteiger charge is -2.06. The maximum absolute atomic E-state index is 12.0. The number of carbonyl (C=O) groups excluding carboxylic acids is 1. The van der Waals surface area contributed by atoms with E-state index in [2.05, 4.69) is 21.2 Å². The molecular formula is C14H15BrN2O2. The number of hydrogen-bond acceptors (Lipinski definition) is 3. The molecule has 1 heterocycles. The average Bonchev–Trinajstić information content (AvgIpc) is 2.82. The molecule has 4 nitrogen and oxygen atoms in total. The van der Waals surface area contributed by atoms with Gasteiger partial charge in [-0.2, -0.15) is 0 Å². The summed E-state index contributed by atoms with van der Waals surface area (Å²) in [6.45, 7) is 3.79. The molecule has 0 aliphatic carbocycles. The summed E-state index contributed by atoms with van der Waals surface area (Å²) >= 11 is 3.41. The Labute approximate surface area is 120 Å². The van der Waals surface area contributed by atoms with E-state index < -0.39 is 0 Å². The molecule has 1 aromatic carbocycles. The highest BCUT2D eigenvalue weighted by atomic mass is 79.9. The number of furan rings is 1. The van der Waals surface area contributed by atoms with E-state index in [0.29, 0.717) is 11.4 Å². The van der Waals surface area contributed by atoms with Crippen molar-refractivity contribution in [1.29, 1.82) is 0 Å². The minimum atomic E-state index is -0.295.